The van der Waals surface area contributed by atoms with E-state index in [4.69, 9.17) is 9.47 Å². The van der Waals surface area contributed by atoms with Crippen LogP contribution in [0.15, 0.2) is 102 Å². The fourth-order valence-corrected chi connectivity index (χ4v) is 5.08. The minimum Gasteiger partial charge on any atom is -0.478 e. The van der Waals surface area contributed by atoms with E-state index in [1.165, 1.54) is 0 Å². The number of fused-ring (bicyclic) bond motifs is 1. The van der Waals surface area contributed by atoms with Crippen LogP contribution in [0.2, 0.25) is 0 Å². The van der Waals surface area contributed by atoms with Crippen molar-refractivity contribution < 1.29 is 33.8 Å². The predicted octanol–water partition coefficient (Wildman–Crippen LogP) is 3.36. The first-order chi connectivity index (χ1) is 19.2. The number of aliphatic carboxylic acids is 1. The molecule has 5 rings (SSSR count). The number of carboxylic acid groups (broad SMARTS) is 1. The van der Waals surface area contributed by atoms with Crippen LogP contribution in [-0.2, 0) is 35.1 Å². The smallest absolute Gasteiger partial charge is 0.356 e. The lowest BCUT2D eigenvalue weighted by Crippen LogP contribution is -2.79. The van der Waals surface area contributed by atoms with Gasteiger partial charge >= 0.3 is 11.9 Å². The van der Waals surface area contributed by atoms with Gasteiger partial charge in [0.2, 0.25) is 11.8 Å². The monoisotopic (exact) mass is 540 g/mol. The first-order valence-electron chi connectivity index (χ1n) is 12.8. The molecule has 3 atom stereocenters. The molecular weight excluding hydrogens is 512 g/mol. The number of benzene rings is 3. The van der Waals surface area contributed by atoms with Gasteiger partial charge in [0.15, 0.2) is 18.1 Å². The first-order valence-corrected chi connectivity index (χ1v) is 12.8. The molecule has 3 aromatic rings. The Balaban J connectivity index is 1.47. The molecule has 9 heteroatoms. The number of Topliss-reactive ketones (excluding diaryl/α,β-unsaturated/α-hetero) is 1. The van der Waals surface area contributed by atoms with Gasteiger partial charge in [-0.15, -0.1) is 0 Å². The standard InChI is InChI=1S/C31H28N2O7/c1-19(2)24(28(37)39-25(21-14-8-4-9-15-21)22-16-10-5-11-17-22)33-29(38)31(30(33)40-26(32-31)27(35)36)23(34)18-20-12-6-3-7-13-20/h3-17,25-26,30,32H,18H2,1-2H3,(H,35,36). The molecule has 2 aliphatic rings. The van der Waals surface area contributed by atoms with E-state index in [-0.39, 0.29) is 12.1 Å². The number of nitrogens with zero attached hydrogens (tertiary/aromatic N) is 1. The van der Waals surface area contributed by atoms with Crippen LogP contribution in [0.3, 0.4) is 0 Å². The molecule has 40 heavy (non-hydrogen) atoms. The van der Waals surface area contributed by atoms with E-state index in [0.29, 0.717) is 11.1 Å². The molecule has 1 amide bonds. The zero-order chi connectivity index (χ0) is 28.4. The van der Waals surface area contributed by atoms with Gasteiger partial charge in [-0.2, -0.15) is 0 Å². The summed E-state index contributed by atoms with van der Waals surface area (Å²) < 4.78 is 11.6. The molecule has 0 spiro atoms. The Morgan fingerprint density at radius 1 is 0.925 bits per heavy atom. The highest BCUT2D eigenvalue weighted by molar-refractivity contribution is 6.19. The van der Waals surface area contributed by atoms with E-state index < -0.39 is 47.7 Å². The number of allylic oxidation sites excluding steroid dienone is 1. The summed E-state index contributed by atoms with van der Waals surface area (Å²) in [5.74, 6) is -3.52. The highest BCUT2D eigenvalue weighted by Crippen LogP contribution is 2.43. The Bertz CT molecular complexity index is 1430. The maximum Gasteiger partial charge on any atom is 0.356 e. The van der Waals surface area contributed by atoms with Gasteiger partial charge in [-0.05, 0) is 36.1 Å². The highest BCUT2D eigenvalue weighted by Gasteiger charge is 2.73. The van der Waals surface area contributed by atoms with Gasteiger partial charge in [-0.3, -0.25) is 19.8 Å². The Hall–Kier alpha value is -4.60. The third kappa shape index (κ3) is 4.70. The van der Waals surface area contributed by atoms with Crippen LogP contribution in [0.4, 0.5) is 0 Å². The SMILES string of the molecule is CC(C)=C(C(=O)OC(c1ccccc1)c1ccccc1)N1C(=O)C2(C(=O)Cc3ccccc3)NC(C(=O)O)OC12. The van der Waals surface area contributed by atoms with E-state index in [1.54, 1.807) is 44.2 Å². The molecule has 2 N–H and O–H groups in total. The topological polar surface area (TPSA) is 122 Å². The molecule has 2 aliphatic heterocycles. The van der Waals surface area contributed by atoms with E-state index in [2.05, 4.69) is 5.32 Å². The van der Waals surface area contributed by atoms with Crippen molar-refractivity contribution in [2.75, 3.05) is 0 Å². The number of likely N-dealkylation sites (tertiary alicyclic amines) is 1. The molecule has 0 radical (unpaired) electrons. The van der Waals surface area contributed by atoms with Crippen LogP contribution in [0.1, 0.15) is 36.6 Å². The summed E-state index contributed by atoms with van der Waals surface area (Å²) in [6.45, 7) is 3.26. The maximum absolute atomic E-state index is 13.8. The van der Waals surface area contributed by atoms with Gasteiger partial charge in [-0.1, -0.05) is 91.0 Å². The van der Waals surface area contributed by atoms with Crippen molar-refractivity contribution in [3.63, 3.8) is 0 Å². The Kier molecular flexibility index (Phi) is 7.34. The van der Waals surface area contributed by atoms with Crippen LogP contribution < -0.4 is 5.32 Å². The number of carbonyl (C=O) groups is 4. The van der Waals surface area contributed by atoms with Crippen molar-refractivity contribution in [1.82, 2.24) is 10.2 Å². The van der Waals surface area contributed by atoms with Gasteiger partial charge in [0.25, 0.3) is 5.91 Å². The summed E-state index contributed by atoms with van der Waals surface area (Å²) in [5.41, 5.74) is 0.484. The van der Waals surface area contributed by atoms with Gasteiger partial charge in [0.1, 0.15) is 5.70 Å². The molecule has 204 valence electrons. The van der Waals surface area contributed by atoms with Gasteiger partial charge in [0, 0.05) is 6.42 Å². The molecule has 0 bridgehead atoms. The lowest BCUT2D eigenvalue weighted by atomic mass is 9.79. The van der Waals surface area contributed by atoms with Gasteiger partial charge in [0.05, 0.1) is 0 Å². The van der Waals surface area contributed by atoms with E-state index >= 15 is 0 Å². The number of ether oxygens (including phenoxy) is 2. The molecule has 0 saturated carbocycles. The number of esters is 1. The number of carbonyl (C=O) groups excluding carboxylic acids is 3. The summed E-state index contributed by atoms with van der Waals surface area (Å²) in [6, 6.07) is 27.1. The fourth-order valence-electron chi connectivity index (χ4n) is 5.08. The van der Waals surface area contributed by atoms with Crippen molar-refractivity contribution in [3.05, 3.63) is 119 Å². The number of carboxylic acids is 1. The number of amides is 1. The number of β-lactam (4-membered cyclic amide) rings is 1. The zero-order valence-corrected chi connectivity index (χ0v) is 21.9. The van der Waals surface area contributed by atoms with Crippen molar-refractivity contribution in [3.8, 4) is 0 Å². The summed E-state index contributed by atoms with van der Waals surface area (Å²) in [4.78, 5) is 53.9. The van der Waals surface area contributed by atoms with Crippen molar-refractivity contribution in [2.24, 2.45) is 0 Å². The Morgan fingerprint density at radius 2 is 1.45 bits per heavy atom. The van der Waals surface area contributed by atoms with Crippen LogP contribution in [0, 0.1) is 0 Å². The molecule has 3 aromatic carbocycles. The molecule has 0 aromatic heterocycles. The molecule has 3 unspecified atom stereocenters. The second-order valence-electron chi connectivity index (χ2n) is 9.88. The molecule has 2 fully saturated rings. The molecule has 2 heterocycles. The Labute approximate surface area is 231 Å². The lowest BCUT2D eigenvalue weighted by Gasteiger charge is -2.49. The van der Waals surface area contributed by atoms with Crippen molar-refractivity contribution in [2.45, 2.75) is 44.4 Å². The van der Waals surface area contributed by atoms with E-state index in [1.807, 2.05) is 60.7 Å². The fraction of sp³-hybridized carbons (Fsp3) is 0.226. The van der Waals surface area contributed by atoms with Crippen LogP contribution in [-0.4, -0.2) is 51.6 Å². The van der Waals surface area contributed by atoms with Crippen LogP contribution >= 0.6 is 0 Å². The normalized spacial score (nSPS) is 21.4. The maximum atomic E-state index is 13.8. The van der Waals surface area contributed by atoms with Crippen molar-refractivity contribution in [1.29, 1.82) is 0 Å². The van der Waals surface area contributed by atoms with Gasteiger partial charge in [-0.25, -0.2) is 9.59 Å². The minimum atomic E-state index is -1.95. The van der Waals surface area contributed by atoms with E-state index in [9.17, 15) is 24.3 Å². The van der Waals surface area contributed by atoms with Crippen LogP contribution in [0.5, 0.6) is 0 Å². The predicted molar refractivity (Wildman–Crippen MR) is 143 cm³/mol. The minimum absolute atomic E-state index is 0.108. The number of rotatable bonds is 9. The largest absolute Gasteiger partial charge is 0.478 e. The zero-order valence-electron chi connectivity index (χ0n) is 21.9. The molecular formula is C31H28N2O7. The summed E-state index contributed by atoms with van der Waals surface area (Å²) in [6.07, 6.45) is -3.87. The molecule has 2 saturated heterocycles. The third-order valence-electron chi connectivity index (χ3n) is 6.99. The number of hydrogen-bond donors (Lipinski definition) is 2. The highest BCUT2D eigenvalue weighted by atomic mass is 16.6. The second-order valence-corrected chi connectivity index (χ2v) is 9.88. The average molecular weight is 541 g/mol. The summed E-state index contributed by atoms with van der Waals surface area (Å²) in [7, 11) is 0. The Morgan fingerprint density at radius 3 is 1.95 bits per heavy atom. The number of hydrogen-bond acceptors (Lipinski definition) is 7. The average Bonchev–Trinajstić information content (AvgIpc) is 3.33. The molecule has 0 aliphatic carbocycles. The number of nitrogens with one attached hydrogen (secondary N) is 1. The third-order valence-corrected chi connectivity index (χ3v) is 6.99. The van der Waals surface area contributed by atoms with Crippen molar-refractivity contribution >= 4 is 23.6 Å². The van der Waals surface area contributed by atoms with E-state index in [0.717, 1.165) is 16.0 Å². The second kappa shape index (κ2) is 10.9. The van der Waals surface area contributed by atoms with Crippen LogP contribution in [0.25, 0.3) is 0 Å². The first kappa shape index (κ1) is 27.0. The summed E-state index contributed by atoms with van der Waals surface area (Å²) >= 11 is 0. The lowest BCUT2D eigenvalue weighted by molar-refractivity contribution is -0.186. The molecule has 9 nitrogen and oxygen atoms in total. The van der Waals surface area contributed by atoms with Gasteiger partial charge < -0.3 is 14.6 Å². The quantitative estimate of drug-likeness (QED) is 0.183. The summed E-state index contributed by atoms with van der Waals surface area (Å²) in [5, 5.41) is 12.2. The number of ketones is 1.